The fraction of sp³-hybridized carbons (Fsp3) is 0.850. The van der Waals surface area contributed by atoms with Crippen molar-refractivity contribution in [3.05, 3.63) is 12.2 Å². The van der Waals surface area contributed by atoms with Crippen LogP contribution in [-0.2, 0) is 14.3 Å². The number of Topliss-reactive ketones (excluding diaryl/α,β-unsaturated/α-hetero) is 1. The SMILES string of the molecule is CC.CNCCSSCOCCCCC(=O)CNCCOC/C=C/C(C)C. The second kappa shape index (κ2) is 26.0. The lowest BCUT2D eigenvalue weighted by molar-refractivity contribution is -0.118. The summed E-state index contributed by atoms with van der Waals surface area (Å²) < 4.78 is 11.0. The molecule has 0 aliphatic rings. The van der Waals surface area contributed by atoms with Crippen LogP contribution in [0.25, 0.3) is 0 Å². The fourth-order valence-electron chi connectivity index (χ4n) is 1.80. The zero-order chi connectivity index (χ0) is 20.6. The molecule has 0 heterocycles. The van der Waals surface area contributed by atoms with Crippen molar-refractivity contribution < 1.29 is 14.3 Å². The van der Waals surface area contributed by atoms with Crippen LogP contribution in [0, 0.1) is 5.92 Å². The molecule has 0 aromatic rings. The van der Waals surface area contributed by atoms with E-state index in [1.165, 1.54) is 0 Å². The Bertz CT molecular complexity index is 330. The van der Waals surface area contributed by atoms with Gasteiger partial charge >= 0.3 is 0 Å². The number of allylic oxidation sites excluding steroid dienone is 1. The van der Waals surface area contributed by atoms with Gasteiger partial charge in [0.25, 0.3) is 0 Å². The second-order valence-corrected chi connectivity index (χ2v) is 8.52. The molecule has 27 heavy (non-hydrogen) atoms. The highest BCUT2D eigenvalue weighted by molar-refractivity contribution is 8.76. The predicted molar refractivity (Wildman–Crippen MR) is 123 cm³/mol. The Labute approximate surface area is 175 Å². The summed E-state index contributed by atoms with van der Waals surface area (Å²) in [6.45, 7) is 12.5. The van der Waals surface area contributed by atoms with E-state index in [2.05, 4.69) is 30.6 Å². The third kappa shape index (κ3) is 28.3. The minimum absolute atomic E-state index is 0.261. The van der Waals surface area contributed by atoms with E-state index in [4.69, 9.17) is 9.47 Å². The van der Waals surface area contributed by atoms with Crippen LogP contribution in [0.15, 0.2) is 12.2 Å². The van der Waals surface area contributed by atoms with Gasteiger partial charge in [0, 0.05) is 31.9 Å². The van der Waals surface area contributed by atoms with E-state index in [-0.39, 0.29) is 5.78 Å². The summed E-state index contributed by atoms with van der Waals surface area (Å²) in [5, 5.41) is 6.24. The van der Waals surface area contributed by atoms with Crippen molar-refractivity contribution in [3.8, 4) is 0 Å². The van der Waals surface area contributed by atoms with Gasteiger partial charge in [-0.15, -0.1) is 0 Å². The molecule has 0 rings (SSSR count). The van der Waals surface area contributed by atoms with Crippen molar-refractivity contribution in [1.29, 1.82) is 0 Å². The maximum atomic E-state index is 11.7. The molecule has 0 aliphatic carbocycles. The quantitative estimate of drug-likeness (QED) is 0.140. The van der Waals surface area contributed by atoms with Crippen molar-refractivity contribution in [2.24, 2.45) is 5.92 Å². The Hall–Kier alpha value is -0.0500. The number of carbonyl (C=O) groups is 1. The maximum absolute atomic E-state index is 11.7. The number of ketones is 1. The van der Waals surface area contributed by atoms with Crippen LogP contribution in [0.2, 0.25) is 0 Å². The number of hydrogen-bond donors (Lipinski definition) is 2. The van der Waals surface area contributed by atoms with E-state index in [1.54, 1.807) is 10.8 Å². The second-order valence-electron chi connectivity index (χ2n) is 5.99. The standard InChI is InChI=1S/C18H36N2O3S2.C2H6/c1-17(2)7-6-12-22-13-9-20-15-18(21)8-4-5-11-23-16-25-24-14-10-19-3;1-2/h6-7,17,19-20H,4-5,8-16H2,1-3H3;1-2H3/b7-6+;. The molecule has 0 spiro atoms. The van der Waals surface area contributed by atoms with E-state index < -0.39 is 0 Å². The molecule has 162 valence electrons. The molecule has 0 saturated heterocycles. The molecule has 2 N–H and O–H groups in total. The van der Waals surface area contributed by atoms with E-state index in [1.807, 2.05) is 37.8 Å². The normalized spacial score (nSPS) is 11.0. The Kier molecular flexibility index (Phi) is 28.0. The summed E-state index contributed by atoms with van der Waals surface area (Å²) in [6.07, 6.45) is 6.63. The van der Waals surface area contributed by atoms with Gasteiger partial charge in [-0.05, 0) is 25.8 Å². The van der Waals surface area contributed by atoms with Gasteiger partial charge in [0.05, 0.1) is 19.8 Å². The molecule has 0 fully saturated rings. The van der Waals surface area contributed by atoms with Crippen molar-refractivity contribution in [2.75, 3.05) is 58.2 Å². The van der Waals surface area contributed by atoms with Crippen LogP contribution in [0.1, 0.15) is 47.0 Å². The Morgan fingerprint density at radius 3 is 2.56 bits per heavy atom. The molecule has 0 aliphatic heterocycles. The van der Waals surface area contributed by atoms with Gasteiger partial charge in [0.15, 0.2) is 0 Å². The number of hydrogen-bond acceptors (Lipinski definition) is 7. The smallest absolute Gasteiger partial charge is 0.146 e. The van der Waals surface area contributed by atoms with E-state index in [0.29, 0.717) is 38.6 Å². The predicted octanol–water partition coefficient (Wildman–Crippen LogP) is 4.15. The molecule has 0 aromatic carbocycles. The van der Waals surface area contributed by atoms with Crippen molar-refractivity contribution >= 4 is 27.4 Å². The summed E-state index contributed by atoms with van der Waals surface area (Å²) in [6, 6.07) is 0. The minimum Gasteiger partial charge on any atom is -0.376 e. The maximum Gasteiger partial charge on any atom is 0.146 e. The largest absolute Gasteiger partial charge is 0.376 e. The van der Waals surface area contributed by atoms with Crippen LogP contribution in [0.4, 0.5) is 0 Å². The molecule has 0 saturated carbocycles. The van der Waals surface area contributed by atoms with E-state index in [9.17, 15) is 4.79 Å². The van der Waals surface area contributed by atoms with Crippen molar-refractivity contribution in [3.63, 3.8) is 0 Å². The van der Waals surface area contributed by atoms with Crippen molar-refractivity contribution in [2.45, 2.75) is 47.0 Å². The zero-order valence-electron chi connectivity index (χ0n) is 18.1. The first-order chi connectivity index (χ1) is 13.2. The molecule has 0 aromatic heterocycles. The molecule has 0 amide bonds. The number of ether oxygens (including phenoxy) is 2. The monoisotopic (exact) mass is 422 g/mol. The van der Waals surface area contributed by atoms with Crippen LogP contribution >= 0.6 is 21.6 Å². The van der Waals surface area contributed by atoms with E-state index in [0.717, 1.165) is 37.7 Å². The van der Waals surface area contributed by atoms with Crippen molar-refractivity contribution in [1.82, 2.24) is 10.6 Å². The first-order valence-corrected chi connectivity index (χ1v) is 12.6. The molecule has 0 atom stereocenters. The molecule has 0 radical (unpaired) electrons. The molecule has 0 bridgehead atoms. The van der Waals surface area contributed by atoms with Crippen LogP contribution < -0.4 is 10.6 Å². The van der Waals surface area contributed by atoms with Gasteiger partial charge in [-0.2, -0.15) is 0 Å². The lowest BCUT2D eigenvalue weighted by atomic mass is 10.2. The highest BCUT2D eigenvalue weighted by Gasteiger charge is 2.01. The first kappa shape index (κ1) is 29.2. The topological polar surface area (TPSA) is 59.6 Å². The summed E-state index contributed by atoms with van der Waals surface area (Å²) in [5.41, 5.74) is 0. The highest BCUT2D eigenvalue weighted by Crippen LogP contribution is 2.20. The van der Waals surface area contributed by atoms with Gasteiger partial charge in [0.1, 0.15) is 11.7 Å². The van der Waals surface area contributed by atoms with Gasteiger partial charge in [0.2, 0.25) is 0 Å². The Balaban J connectivity index is 0. The average Bonchev–Trinajstić information content (AvgIpc) is 2.66. The van der Waals surface area contributed by atoms with E-state index >= 15 is 0 Å². The third-order valence-electron chi connectivity index (χ3n) is 3.12. The third-order valence-corrected chi connectivity index (χ3v) is 5.21. The van der Waals surface area contributed by atoms with Gasteiger partial charge in [-0.25, -0.2) is 0 Å². The molecule has 0 unspecified atom stereocenters. The van der Waals surface area contributed by atoms with Crippen LogP contribution in [0.3, 0.4) is 0 Å². The number of unbranched alkanes of at least 4 members (excludes halogenated alkanes) is 1. The fourth-order valence-corrected chi connectivity index (χ4v) is 3.47. The zero-order valence-corrected chi connectivity index (χ0v) is 19.7. The number of carbonyl (C=O) groups excluding carboxylic acids is 1. The first-order valence-electron chi connectivity index (χ1n) is 10.1. The summed E-state index contributed by atoms with van der Waals surface area (Å²) in [7, 11) is 5.52. The van der Waals surface area contributed by atoms with Crippen LogP contribution in [0.5, 0.6) is 0 Å². The van der Waals surface area contributed by atoms with Crippen LogP contribution in [-0.4, -0.2) is 64.0 Å². The average molecular weight is 423 g/mol. The summed E-state index contributed by atoms with van der Waals surface area (Å²) in [5.74, 6) is 2.63. The Morgan fingerprint density at radius 1 is 1.07 bits per heavy atom. The number of nitrogens with one attached hydrogen (secondary N) is 2. The number of rotatable bonds is 19. The lowest BCUT2D eigenvalue weighted by Crippen LogP contribution is -2.26. The lowest BCUT2D eigenvalue weighted by Gasteiger charge is -2.05. The summed E-state index contributed by atoms with van der Waals surface area (Å²) in [4.78, 5) is 11.7. The Morgan fingerprint density at radius 2 is 1.85 bits per heavy atom. The summed E-state index contributed by atoms with van der Waals surface area (Å²) >= 11 is 0. The molecular formula is C20H42N2O3S2. The van der Waals surface area contributed by atoms with Gasteiger partial charge in [-0.1, -0.05) is 61.4 Å². The highest BCUT2D eigenvalue weighted by atomic mass is 33.1. The molecule has 5 nitrogen and oxygen atoms in total. The minimum atomic E-state index is 0.261. The van der Waals surface area contributed by atoms with Gasteiger partial charge < -0.3 is 20.1 Å². The molecular weight excluding hydrogens is 380 g/mol. The molecule has 7 heteroatoms. The van der Waals surface area contributed by atoms with Gasteiger partial charge in [-0.3, -0.25) is 4.79 Å².